The van der Waals surface area contributed by atoms with Crippen LogP contribution >= 0.6 is 11.6 Å². The summed E-state index contributed by atoms with van der Waals surface area (Å²) in [5, 5.41) is 22.4. The Labute approximate surface area is 167 Å². The van der Waals surface area contributed by atoms with Crippen LogP contribution in [-0.4, -0.2) is 49.0 Å². The summed E-state index contributed by atoms with van der Waals surface area (Å²) >= 11 is 6.22. The molecule has 1 aliphatic carbocycles. The normalized spacial score (nSPS) is 21.1. The van der Waals surface area contributed by atoms with Gasteiger partial charge in [0.25, 0.3) is 5.97 Å². The number of carboxylic acids is 1. The number of aryl methyl sites for hydroxylation is 1. The van der Waals surface area contributed by atoms with Crippen molar-refractivity contribution in [3.05, 3.63) is 40.4 Å². The molecule has 0 aliphatic heterocycles. The van der Waals surface area contributed by atoms with Gasteiger partial charge in [-0.25, -0.2) is 9.67 Å². The van der Waals surface area contributed by atoms with Crippen LogP contribution in [0.15, 0.2) is 18.2 Å². The highest BCUT2D eigenvalue weighted by molar-refractivity contribution is 6.31. The van der Waals surface area contributed by atoms with Crippen LogP contribution in [0.5, 0.6) is 0 Å². The van der Waals surface area contributed by atoms with E-state index in [1.165, 1.54) is 0 Å². The quantitative estimate of drug-likeness (QED) is 0.584. The van der Waals surface area contributed by atoms with E-state index in [1.54, 1.807) is 10.7 Å². The van der Waals surface area contributed by atoms with Crippen molar-refractivity contribution in [2.45, 2.75) is 51.2 Å². The lowest BCUT2D eigenvalue weighted by atomic mass is 10.1. The number of hydrogen-bond acceptors (Lipinski definition) is 6. The third kappa shape index (κ3) is 5.51. The van der Waals surface area contributed by atoms with Gasteiger partial charge < -0.3 is 21.7 Å². The molecule has 10 heteroatoms. The van der Waals surface area contributed by atoms with Crippen LogP contribution in [0.2, 0.25) is 5.02 Å². The number of carboxylic acid groups (broad SMARTS) is 1. The lowest BCUT2D eigenvalue weighted by Gasteiger charge is -2.12. The Bertz CT molecular complexity index is 856. The van der Waals surface area contributed by atoms with E-state index in [0.29, 0.717) is 29.5 Å². The van der Waals surface area contributed by atoms with E-state index in [4.69, 9.17) is 33.0 Å². The molecule has 3 atom stereocenters. The number of aliphatic hydroxyl groups excluding tert-OH is 1. The van der Waals surface area contributed by atoms with E-state index in [9.17, 15) is 9.90 Å². The lowest BCUT2D eigenvalue weighted by Crippen LogP contribution is -2.28. The van der Waals surface area contributed by atoms with Crippen LogP contribution in [0.3, 0.4) is 0 Å². The molecule has 9 nitrogen and oxygen atoms in total. The maximum atomic E-state index is 11.2. The molecule has 1 aromatic heterocycles. The zero-order chi connectivity index (χ0) is 21.0. The minimum absolute atomic E-state index is 0.0378. The van der Waals surface area contributed by atoms with Gasteiger partial charge in [0.05, 0.1) is 18.2 Å². The van der Waals surface area contributed by atoms with Gasteiger partial charge in [-0.05, 0) is 37.5 Å². The molecule has 0 spiro atoms. The number of carbonyl (C=O) groups excluding carboxylic acids is 1. The molecule has 6 N–H and O–H groups in total. The Morgan fingerprint density at radius 2 is 2.00 bits per heavy atom. The number of halogens is 1. The Kier molecular flexibility index (Phi) is 7.11. The summed E-state index contributed by atoms with van der Waals surface area (Å²) < 4.78 is 1.67. The van der Waals surface area contributed by atoms with Gasteiger partial charge in [-0.1, -0.05) is 17.7 Å². The molecule has 0 radical (unpaired) electrons. The van der Waals surface area contributed by atoms with Gasteiger partial charge in [-0.2, -0.15) is 5.10 Å². The molecule has 28 heavy (non-hydrogen) atoms. The number of amides is 1. The zero-order valence-corrected chi connectivity index (χ0v) is 16.4. The largest absolute Gasteiger partial charge is 0.481 e. The van der Waals surface area contributed by atoms with Crippen molar-refractivity contribution in [3.63, 3.8) is 0 Å². The van der Waals surface area contributed by atoms with E-state index in [2.05, 4.69) is 10.1 Å². The molecule has 0 unspecified atom stereocenters. The zero-order valence-electron chi connectivity index (χ0n) is 15.7. The predicted octanol–water partition coefficient (Wildman–Crippen LogP) is 0.913. The monoisotopic (exact) mass is 409 g/mol. The van der Waals surface area contributed by atoms with Crippen molar-refractivity contribution < 1.29 is 19.8 Å². The summed E-state index contributed by atoms with van der Waals surface area (Å²) in [5.41, 5.74) is 12.9. The average Bonchev–Trinajstić information content (AvgIpc) is 3.13. The van der Waals surface area contributed by atoms with Gasteiger partial charge in [0.1, 0.15) is 5.82 Å². The van der Waals surface area contributed by atoms with E-state index < -0.39 is 18.0 Å². The second-order valence-electron chi connectivity index (χ2n) is 6.79. The maximum Gasteiger partial charge on any atom is 0.300 e. The van der Waals surface area contributed by atoms with Crippen LogP contribution in [-0.2, 0) is 16.0 Å². The number of primary amides is 1. The first-order valence-corrected chi connectivity index (χ1v) is 9.10. The van der Waals surface area contributed by atoms with Crippen molar-refractivity contribution in [2.24, 2.45) is 11.5 Å². The van der Waals surface area contributed by atoms with Gasteiger partial charge in [-0.15, -0.1) is 0 Å². The fraction of sp³-hybridized carbons (Fsp3) is 0.444. The molecule has 152 valence electrons. The summed E-state index contributed by atoms with van der Waals surface area (Å²) in [4.78, 5) is 24.7. The fourth-order valence-electron chi connectivity index (χ4n) is 3.03. The molecule has 0 bridgehead atoms. The molecule has 1 amide bonds. The molecule has 1 heterocycles. The SMILES string of the molecule is CC(=O)O.Cc1ccc(-n2nc(CC(N)=O)nc2[C@H]2C[C@H](N)[C@@H](O)C2)cc1Cl. The van der Waals surface area contributed by atoms with Crippen molar-refractivity contribution in [1.82, 2.24) is 14.8 Å². The van der Waals surface area contributed by atoms with Gasteiger partial charge in [-0.3, -0.25) is 9.59 Å². The van der Waals surface area contributed by atoms with Gasteiger partial charge in [0.15, 0.2) is 5.82 Å². The first-order chi connectivity index (χ1) is 13.1. The summed E-state index contributed by atoms with van der Waals surface area (Å²) in [6.45, 7) is 3.00. The van der Waals surface area contributed by atoms with Crippen molar-refractivity contribution >= 4 is 23.5 Å². The van der Waals surface area contributed by atoms with Crippen molar-refractivity contribution in [2.75, 3.05) is 0 Å². The molecule has 1 saturated carbocycles. The van der Waals surface area contributed by atoms with Crippen LogP contribution in [0.4, 0.5) is 0 Å². The molecule has 1 aromatic carbocycles. The second-order valence-corrected chi connectivity index (χ2v) is 7.20. The molecule has 1 fully saturated rings. The third-order valence-electron chi connectivity index (χ3n) is 4.35. The second kappa shape index (κ2) is 9.13. The summed E-state index contributed by atoms with van der Waals surface area (Å²) in [6.07, 6.45) is 0.507. The van der Waals surface area contributed by atoms with Gasteiger partial charge in [0, 0.05) is 23.9 Å². The standard InChI is InChI=1S/C16H20ClN5O2.C2H4O2/c1-8-2-3-10(6-11(8)17)22-16(9-4-12(18)13(23)5-9)20-15(21-22)7-14(19)24;1-2(3)4/h2-3,6,9,12-13,23H,4-5,7,18H2,1H3,(H2,19,24);1H3,(H,3,4)/t9-,12-,13-;/m0./s1. The molecular formula is C18H24ClN5O4. The lowest BCUT2D eigenvalue weighted by molar-refractivity contribution is -0.134. The van der Waals surface area contributed by atoms with Gasteiger partial charge in [0.2, 0.25) is 5.91 Å². The molecular weight excluding hydrogens is 386 g/mol. The van der Waals surface area contributed by atoms with Crippen LogP contribution in [0.25, 0.3) is 5.69 Å². The van der Waals surface area contributed by atoms with Crippen LogP contribution in [0, 0.1) is 6.92 Å². The maximum absolute atomic E-state index is 11.2. The minimum Gasteiger partial charge on any atom is -0.481 e. The van der Waals surface area contributed by atoms with Crippen molar-refractivity contribution in [1.29, 1.82) is 0 Å². The Balaban J connectivity index is 0.000000640. The molecule has 3 rings (SSSR count). The molecule has 1 aliphatic rings. The molecule has 0 saturated heterocycles. The van der Waals surface area contributed by atoms with E-state index in [0.717, 1.165) is 18.2 Å². The average molecular weight is 410 g/mol. The highest BCUT2D eigenvalue weighted by atomic mass is 35.5. The van der Waals surface area contributed by atoms with E-state index in [1.807, 2.05) is 19.1 Å². The first-order valence-electron chi connectivity index (χ1n) is 8.72. The summed E-state index contributed by atoms with van der Waals surface area (Å²) in [5.74, 6) is -0.352. The minimum atomic E-state index is -0.833. The van der Waals surface area contributed by atoms with E-state index >= 15 is 0 Å². The summed E-state index contributed by atoms with van der Waals surface area (Å²) in [6, 6.07) is 5.29. The van der Waals surface area contributed by atoms with E-state index in [-0.39, 0.29) is 18.4 Å². The van der Waals surface area contributed by atoms with Crippen LogP contribution < -0.4 is 11.5 Å². The first kappa shape index (κ1) is 21.8. The number of nitrogens with zero attached hydrogens (tertiary/aromatic N) is 3. The van der Waals surface area contributed by atoms with Crippen LogP contribution in [0.1, 0.15) is 42.9 Å². The number of hydrogen-bond donors (Lipinski definition) is 4. The van der Waals surface area contributed by atoms with Crippen molar-refractivity contribution in [3.8, 4) is 5.69 Å². The number of benzene rings is 1. The van der Waals surface area contributed by atoms with Gasteiger partial charge >= 0.3 is 0 Å². The predicted molar refractivity (Wildman–Crippen MR) is 103 cm³/mol. The highest BCUT2D eigenvalue weighted by Crippen LogP contribution is 2.34. The molecule has 2 aromatic rings. The Morgan fingerprint density at radius 3 is 2.50 bits per heavy atom. The number of aliphatic carboxylic acids is 1. The Morgan fingerprint density at radius 1 is 1.36 bits per heavy atom. The Hall–Kier alpha value is -2.49. The highest BCUT2D eigenvalue weighted by Gasteiger charge is 2.35. The fourth-order valence-corrected chi connectivity index (χ4v) is 3.20. The number of carbonyl (C=O) groups is 2. The number of aromatic nitrogens is 3. The third-order valence-corrected chi connectivity index (χ3v) is 4.76. The number of nitrogens with two attached hydrogens (primary N) is 2. The summed E-state index contributed by atoms with van der Waals surface area (Å²) in [7, 11) is 0. The number of rotatable bonds is 4. The topological polar surface area (TPSA) is 157 Å². The number of aliphatic hydroxyl groups is 1. The smallest absolute Gasteiger partial charge is 0.300 e.